The first-order chi connectivity index (χ1) is 5.29. The second-order valence-corrected chi connectivity index (χ2v) is 2.81. The minimum atomic E-state index is 1.19. The van der Waals surface area contributed by atoms with Gasteiger partial charge in [0.25, 0.3) is 0 Å². The molecule has 2 nitrogen and oxygen atoms in total. The zero-order valence-corrected chi connectivity index (χ0v) is 6.76. The summed E-state index contributed by atoms with van der Waals surface area (Å²) in [6.07, 6.45) is 1.96. The second kappa shape index (κ2) is 2.09. The molecule has 0 aliphatic carbocycles. The zero-order valence-electron chi connectivity index (χ0n) is 6.76. The molecule has 0 fully saturated rings. The summed E-state index contributed by atoms with van der Waals surface area (Å²) in [6, 6.07) is 6.30. The Balaban J connectivity index is 2.93. The molecule has 0 aliphatic rings. The van der Waals surface area contributed by atoms with Crippen LogP contribution in [0.15, 0.2) is 24.4 Å². The van der Waals surface area contributed by atoms with Gasteiger partial charge >= 0.3 is 0 Å². The first-order valence-corrected chi connectivity index (χ1v) is 3.72. The van der Waals surface area contributed by atoms with Crippen molar-refractivity contribution in [1.82, 2.24) is 4.98 Å². The van der Waals surface area contributed by atoms with E-state index >= 15 is 0 Å². The van der Waals surface area contributed by atoms with Gasteiger partial charge in [-0.25, -0.2) is 0 Å². The number of fused-ring (bicyclic) bond motifs is 1. The van der Waals surface area contributed by atoms with Gasteiger partial charge in [0, 0.05) is 25.3 Å². The van der Waals surface area contributed by atoms with Crippen molar-refractivity contribution in [3.8, 4) is 0 Å². The van der Waals surface area contributed by atoms with E-state index in [1.165, 1.54) is 16.7 Å². The van der Waals surface area contributed by atoms with Crippen molar-refractivity contribution in [2.24, 2.45) is 7.05 Å². The van der Waals surface area contributed by atoms with Gasteiger partial charge in [0.2, 0.25) is 5.52 Å². The maximum Gasteiger partial charge on any atom is 0.230 e. The fraction of sp³-hybridized carbons (Fsp3) is 0.222. The van der Waals surface area contributed by atoms with Crippen LogP contribution in [0.1, 0.15) is 5.69 Å². The number of hydrogen-bond acceptors (Lipinski definition) is 0. The van der Waals surface area contributed by atoms with Crippen LogP contribution in [0.3, 0.4) is 0 Å². The van der Waals surface area contributed by atoms with E-state index in [-0.39, 0.29) is 0 Å². The lowest BCUT2D eigenvalue weighted by atomic mass is 10.3. The largest absolute Gasteiger partial charge is 0.356 e. The number of aromatic nitrogens is 2. The van der Waals surface area contributed by atoms with E-state index in [0.29, 0.717) is 0 Å². The summed E-state index contributed by atoms with van der Waals surface area (Å²) in [5.74, 6) is 0. The fourth-order valence-corrected chi connectivity index (χ4v) is 1.31. The summed E-state index contributed by atoms with van der Waals surface area (Å²) in [6.45, 7) is 2.10. The molecule has 0 radical (unpaired) electrons. The molecule has 2 aromatic heterocycles. The highest BCUT2D eigenvalue weighted by atomic mass is 14.9. The molecule has 2 heteroatoms. The first kappa shape index (κ1) is 6.40. The van der Waals surface area contributed by atoms with Crippen molar-refractivity contribution < 1.29 is 4.57 Å². The number of H-pyrrole nitrogens is 1. The molecular weight excluding hydrogens is 136 g/mol. The van der Waals surface area contributed by atoms with Crippen molar-refractivity contribution in [3.05, 3.63) is 30.1 Å². The summed E-state index contributed by atoms with van der Waals surface area (Å²) in [7, 11) is 2.07. The van der Waals surface area contributed by atoms with Crippen molar-refractivity contribution in [2.45, 2.75) is 6.92 Å². The molecule has 0 saturated carbocycles. The minimum Gasteiger partial charge on any atom is -0.356 e. The molecule has 2 aromatic rings. The number of aryl methyl sites for hydroxylation is 2. The van der Waals surface area contributed by atoms with Crippen molar-refractivity contribution in [1.29, 1.82) is 0 Å². The Hall–Kier alpha value is -1.31. The number of hydrogen-bond donors (Lipinski definition) is 1. The number of nitrogens with one attached hydrogen (secondary N) is 1. The molecule has 0 atom stereocenters. The van der Waals surface area contributed by atoms with Crippen LogP contribution in [0.5, 0.6) is 0 Å². The molecule has 2 heterocycles. The maximum absolute atomic E-state index is 3.17. The SMILES string of the molecule is Cc1ccc2[nH]ccc2[n+]1C. The third kappa shape index (κ3) is 0.827. The molecule has 1 N–H and O–H groups in total. The molecule has 0 aliphatic heterocycles. The molecule has 2 rings (SSSR count). The van der Waals surface area contributed by atoms with Gasteiger partial charge in [-0.3, -0.25) is 0 Å². The summed E-state index contributed by atoms with van der Waals surface area (Å²) >= 11 is 0. The topological polar surface area (TPSA) is 19.7 Å². The normalized spacial score (nSPS) is 10.7. The summed E-state index contributed by atoms with van der Waals surface area (Å²) in [5.41, 5.74) is 3.72. The third-order valence-electron chi connectivity index (χ3n) is 2.14. The highest BCUT2D eigenvalue weighted by Gasteiger charge is 2.06. The molecule has 0 bridgehead atoms. The molecule has 0 unspecified atom stereocenters. The van der Waals surface area contributed by atoms with E-state index < -0.39 is 0 Å². The van der Waals surface area contributed by atoms with Gasteiger partial charge < -0.3 is 4.98 Å². The predicted octanol–water partition coefficient (Wildman–Crippen LogP) is 1.30. The Kier molecular flexibility index (Phi) is 1.22. The highest BCUT2D eigenvalue weighted by molar-refractivity contribution is 5.71. The third-order valence-corrected chi connectivity index (χ3v) is 2.14. The Labute approximate surface area is 65.5 Å². The van der Waals surface area contributed by atoms with E-state index in [9.17, 15) is 0 Å². The second-order valence-electron chi connectivity index (χ2n) is 2.81. The van der Waals surface area contributed by atoms with Crippen molar-refractivity contribution >= 4 is 11.0 Å². The van der Waals surface area contributed by atoms with Gasteiger partial charge in [-0.1, -0.05) is 0 Å². The van der Waals surface area contributed by atoms with Crippen LogP contribution in [0.2, 0.25) is 0 Å². The monoisotopic (exact) mass is 147 g/mol. The van der Waals surface area contributed by atoms with Crippen LogP contribution in [0.4, 0.5) is 0 Å². The maximum atomic E-state index is 3.17. The van der Waals surface area contributed by atoms with Crippen LogP contribution in [0.25, 0.3) is 11.0 Å². The van der Waals surface area contributed by atoms with Crippen molar-refractivity contribution in [3.63, 3.8) is 0 Å². The molecule has 11 heavy (non-hydrogen) atoms. The van der Waals surface area contributed by atoms with Crippen LogP contribution in [-0.4, -0.2) is 4.98 Å². The number of aromatic amines is 1. The minimum absolute atomic E-state index is 1.19. The molecule has 0 amide bonds. The van der Waals surface area contributed by atoms with E-state index in [4.69, 9.17) is 0 Å². The van der Waals surface area contributed by atoms with Crippen LogP contribution < -0.4 is 4.57 Å². The zero-order chi connectivity index (χ0) is 7.84. The smallest absolute Gasteiger partial charge is 0.230 e. The van der Waals surface area contributed by atoms with Gasteiger partial charge in [-0.2, -0.15) is 4.57 Å². The first-order valence-electron chi connectivity index (χ1n) is 3.72. The lowest BCUT2D eigenvalue weighted by molar-refractivity contribution is -0.651. The number of nitrogens with zero attached hydrogens (tertiary/aromatic N) is 1. The van der Waals surface area contributed by atoms with Gasteiger partial charge in [0.1, 0.15) is 12.6 Å². The van der Waals surface area contributed by atoms with Crippen molar-refractivity contribution in [2.75, 3.05) is 0 Å². The van der Waals surface area contributed by atoms with Crippen LogP contribution in [-0.2, 0) is 7.05 Å². The lowest BCUT2D eigenvalue weighted by Crippen LogP contribution is -2.31. The molecule has 0 aromatic carbocycles. The predicted molar refractivity (Wildman–Crippen MR) is 44.2 cm³/mol. The standard InChI is InChI=1S/C9H10N2/c1-7-3-4-8-9(11(7)2)5-6-10-8/h3-6H,1-2H3/p+1. The number of rotatable bonds is 0. The molecule has 0 spiro atoms. The molecule has 0 saturated heterocycles. The quantitative estimate of drug-likeness (QED) is 0.542. The van der Waals surface area contributed by atoms with Gasteiger partial charge in [0.05, 0.1) is 0 Å². The Morgan fingerprint density at radius 3 is 2.91 bits per heavy atom. The van der Waals surface area contributed by atoms with Crippen LogP contribution >= 0.6 is 0 Å². The fourth-order valence-electron chi connectivity index (χ4n) is 1.31. The summed E-state index contributed by atoms with van der Waals surface area (Å²) < 4.78 is 2.17. The Morgan fingerprint density at radius 1 is 1.27 bits per heavy atom. The van der Waals surface area contributed by atoms with Gasteiger partial charge in [0.15, 0.2) is 5.69 Å². The molecular formula is C9H11N2+. The highest BCUT2D eigenvalue weighted by Crippen LogP contribution is 2.06. The average molecular weight is 147 g/mol. The van der Waals surface area contributed by atoms with E-state index in [2.05, 4.69) is 41.7 Å². The molecule has 56 valence electrons. The van der Waals surface area contributed by atoms with Crippen LogP contribution in [0, 0.1) is 6.92 Å². The van der Waals surface area contributed by atoms with Gasteiger partial charge in [-0.05, 0) is 6.07 Å². The van der Waals surface area contributed by atoms with E-state index in [0.717, 1.165) is 0 Å². The Bertz CT molecular complexity index is 387. The Morgan fingerprint density at radius 2 is 2.09 bits per heavy atom. The average Bonchev–Trinajstić information content (AvgIpc) is 2.45. The summed E-state index contributed by atoms with van der Waals surface area (Å²) in [5, 5.41) is 0. The number of pyridine rings is 1. The van der Waals surface area contributed by atoms with E-state index in [1.54, 1.807) is 0 Å². The summed E-state index contributed by atoms with van der Waals surface area (Å²) in [4.78, 5) is 3.17. The van der Waals surface area contributed by atoms with Gasteiger partial charge in [-0.15, -0.1) is 0 Å². The van der Waals surface area contributed by atoms with E-state index in [1.807, 2.05) is 6.20 Å². The lowest BCUT2D eigenvalue weighted by Gasteiger charge is -1.93.